The second kappa shape index (κ2) is 4.84. The summed E-state index contributed by atoms with van der Waals surface area (Å²) in [6, 6.07) is 9.25. The molecule has 6 heteroatoms. The van der Waals surface area contributed by atoms with Crippen LogP contribution in [0.1, 0.15) is 19.4 Å². The Morgan fingerprint density at radius 3 is 2.82 bits per heavy atom. The van der Waals surface area contributed by atoms with E-state index < -0.39 is 23.1 Å². The first-order chi connectivity index (χ1) is 10.4. The van der Waals surface area contributed by atoms with E-state index in [1.54, 1.807) is 6.07 Å². The number of hydrogen-bond acceptors (Lipinski definition) is 5. The molecule has 1 amide bonds. The lowest BCUT2D eigenvalue weighted by Crippen LogP contribution is -2.32. The second-order valence-corrected chi connectivity index (χ2v) is 5.24. The molecule has 1 aliphatic rings. The van der Waals surface area contributed by atoms with E-state index in [1.165, 1.54) is 20.0 Å². The molecule has 0 aliphatic carbocycles. The summed E-state index contributed by atoms with van der Waals surface area (Å²) in [4.78, 5) is 27.8. The van der Waals surface area contributed by atoms with Crippen molar-refractivity contribution in [1.29, 1.82) is 0 Å². The van der Waals surface area contributed by atoms with E-state index in [0.29, 0.717) is 5.56 Å². The minimum absolute atomic E-state index is 0.229. The minimum Gasteiger partial charge on any atom is -0.501 e. The molecule has 0 saturated carbocycles. The molecule has 0 radical (unpaired) electrons. The van der Waals surface area contributed by atoms with E-state index in [1.807, 2.05) is 24.3 Å². The number of pyridine rings is 1. The molecular weight excluding hydrogens is 284 g/mol. The average molecular weight is 298 g/mol. The standard InChI is InChI=1S/C16H14N2O4/c1-9(19)18-15-13(20)14(21)16(2,22-15)11-7-10-5-3-4-6-12(10)17-8-11/h3-8,20H,1-2H3,(H,18,19). The molecular formula is C16H14N2O4. The monoisotopic (exact) mass is 298 g/mol. The summed E-state index contributed by atoms with van der Waals surface area (Å²) in [6.45, 7) is 2.80. The van der Waals surface area contributed by atoms with Crippen LogP contribution in [-0.2, 0) is 19.9 Å². The van der Waals surface area contributed by atoms with Crippen LogP contribution >= 0.6 is 0 Å². The molecule has 0 fully saturated rings. The van der Waals surface area contributed by atoms with Crippen molar-refractivity contribution in [2.75, 3.05) is 0 Å². The molecule has 1 aliphatic heterocycles. The minimum atomic E-state index is -1.42. The van der Waals surface area contributed by atoms with Gasteiger partial charge in [0.15, 0.2) is 0 Å². The van der Waals surface area contributed by atoms with Gasteiger partial charge in [-0.3, -0.25) is 19.9 Å². The highest BCUT2D eigenvalue weighted by Gasteiger charge is 2.48. The van der Waals surface area contributed by atoms with E-state index in [2.05, 4.69) is 10.3 Å². The van der Waals surface area contributed by atoms with Gasteiger partial charge in [0.25, 0.3) is 5.78 Å². The van der Waals surface area contributed by atoms with Gasteiger partial charge in [0.05, 0.1) is 5.52 Å². The Hall–Kier alpha value is -2.89. The molecule has 2 N–H and O–H groups in total. The Morgan fingerprint density at radius 1 is 1.36 bits per heavy atom. The van der Waals surface area contributed by atoms with Crippen molar-refractivity contribution in [3.63, 3.8) is 0 Å². The maximum Gasteiger partial charge on any atom is 0.250 e. The fourth-order valence-corrected chi connectivity index (χ4v) is 2.39. The topological polar surface area (TPSA) is 88.5 Å². The number of ether oxygens (including phenoxy) is 1. The molecule has 0 spiro atoms. The highest BCUT2D eigenvalue weighted by molar-refractivity contribution is 6.03. The van der Waals surface area contributed by atoms with Crippen LogP contribution in [0.15, 0.2) is 48.2 Å². The van der Waals surface area contributed by atoms with Crippen LogP contribution in [0.5, 0.6) is 0 Å². The van der Waals surface area contributed by atoms with Crippen LogP contribution in [0.3, 0.4) is 0 Å². The molecule has 0 saturated heterocycles. The first-order valence-corrected chi connectivity index (χ1v) is 6.72. The number of carbonyl (C=O) groups is 2. The van der Waals surface area contributed by atoms with Gasteiger partial charge in [-0.2, -0.15) is 0 Å². The number of fused-ring (bicyclic) bond motifs is 1. The number of carbonyl (C=O) groups excluding carboxylic acids is 2. The average Bonchev–Trinajstić information content (AvgIpc) is 2.71. The van der Waals surface area contributed by atoms with E-state index in [4.69, 9.17) is 4.74 Å². The Balaban J connectivity index is 2.03. The number of rotatable bonds is 2. The molecule has 0 bridgehead atoms. The van der Waals surface area contributed by atoms with Crippen LogP contribution in [0, 0.1) is 0 Å². The van der Waals surface area contributed by atoms with Gasteiger partial charge in [-0.1, -0.05) is 18.2 Å². The van der Waals surface area contributed by atoms with E-state index in [9.17, 15) is 14.7 Å². The number of aromatic nitrogens is 1. The normalized spacial score (nSPS) is 21.1. The molecule has 2 aromatic rings. The molecule has 2 heterocycles. The number of ketones is 1. The van der Waals surface area contributed by atoms with Gasteiger partial charge in [-0.15, -0.1) is 0 Å². The first-order valence-electron chi connectivity index (χ1n) is 6.72. The van der Waals surface area contributed by atoms with Crippen molar-refractivity contribution in [3.05, 3.63) is 53.7 Å². The summed E-state index contributed by atoms with van der Waals surface area (Å²) >= 11 is 0. The molecule has 22 heavy (non-hydrogen) atoms. The number of aliphatic hydroxyl groups is 1. The van der Waals surface area contributed by atoms with Crippen LogP contribution < -0.4 is 5.32 Å². The van der Waals surface area contributed by atoms with Gasteiger partial charge < -0.3 is 9.84 Å². The zero-order valence-corrected chi connectivity index (χ0v) is 12.1. The third-order valence-corrected chi connectivity index (χ3v) is 3.60. The maximum atomic E-state index is 12.3. The summed E-state index contributed by atoms with van der Waals surface area (Å²) in [5.74, 6) is -1.87. The van der Waals surface area contributed by atoms with E-state index in [-0.39, 0.29) is 5.88 Å². The summed E-state index contributed by atoms with van der Waals surface area (Å²) < 4.78 is 5.53. The first kappa shape index (κ1) is 14.1. The van der Waals surface area contributed by atoms with Crippen LogP contribution in [0.4, 0.5) is 0 Å². The lowest BCUT2D eigenvalue weighted by Gasteiger charge is -2.23. The summed E-state index contributed by atoms with van der Waals surface area (Å²) in [5, 5.41) is 13.0. The molecule has 3 rings (SSSR count). The number of benzene rings is 1. The van der Waals surface area contributed by atoms with Gasteiger partial charge in [0.2, 0.25) is 23.2 Å². The molecule has 1 atom stereocenters. The number of Topliss-reactive ketones (excluding diaryl/α,β-unsaturated/α-hetero) is 1. The summed E-state index contributed by atoms with van der Waals surface area (Å²) in [6.07, 6.45) is 1.53. The van der Waals surface area contributed by atoms with E-state index in [0.717, 1.165) is 10.9 Å². The lowest BCUT2D eigenvalue weighted by molar-refractivity contribution is -0.132. The number of aliphatic hydroxyl groups excluding tert-OH is 1. The molecule has 112 valence electrons. The Morgan fingerprint density at radius 2 is 2.09 bits per heavy atom. The quantitative estimate of drug-likeness (QED) is 0.884. The molecule has 1 unspecified atom stereocenters. The van der Waals surface area contributed by atoms with Crippen molar-refractivity contribution >= 4 is 22.6 Å². The lowest BCUT2D eigenvalue weighted by atomic mass is 9.92. The highest BCUT2D eigenvalue weighted by atomic mass is 16.5. The maximum absolute atomic E-state index is 12.3. The van der Waals surface area contributed by atoms with Crippen molar-refractivity contribution in [2.24, 2.45) is 0 Å². The number of amides is 1. The zero-order valence-electron chi connectivity index (χ0n) is 12.1. The third-order valence-electron chi connectivity index (χ3n) is 3.60. The predicted molar refractivity (Wildman–Crippen MR) is 78.7 cm³/mol. The summed E-state index contributed by atoms with van der Waals surface area (Å²) in [5.41, 5.74) is -0.124. The van der Waals surface area contributed by atoms with Crippen LogP contribution in [0.25, 0.3) is 10.9 Å². The van der Waals surface area contributed by atoms with Gasteiger partial charge >= 0.3 is 0 Å². The van der Waals surface area contributed by atoms with Crippen molar-refractivity contribution in [1.82, 2.24) is 10.3 Å². The van der Waals surface area contributed by atoms with Gasteiger partial charge in [-0.05, 0) is 19.1 Å². The third kappa shape index (κ3) is 2.09. The Labute approximate surface area is 126 Å². The fourth-order valence-electron chi connectivity index (χ4n) is 2.39. The van der Waals surface area contributed by atoms with Crippen LogP contribution in [-0.4, -0.2) is 21.8 Å². The Kier molecular flexibility index (Phi) is 3.09. The number of para-hydroxylation sites is 1. The highest BCUT2D eigenvalue weighted by Crippen LogP contribution is 2.37. The van der Waals surface area contributed by atoms with Crippen LogP contribution in [0.2, 0.25) is 0 Å². The van der Waals surface area contributed by atoms with Crippen molar-refractivity contribution in [3.8, 4) is 0 Å². The predicted octanol–water partition coefficient (Wildman–Crippen LogP) is 1.91. The molecule has 6 nitrogen and oxygen atoms in total. The number of nitrogens with zero attached hydrogens (tertiary/aromatic N) is 1. The second-order valence-electron chi connectivity index (χ2n) is 5.24. The summed E-state index contributed by atoms with van der Waals surface area (Å²) in [7, 11) is 0. The smallest absolute Gasteiger partial charge is 0.250 e. The van der Waals surface area contributed by atoms with Gasteiger partial charge in [0.1, 0.15) is 0 Å². The van der Waals surface area contributed by atoms with Crippen molar-refractivity contribution in [2.45, 2.75) is 19.4 Å². The fraction of sp³-hybridized carbons (Fsp3) is 0.188. The number of nitrogens with one attached hydrogen (secondary N) is 1. The Bertz CT molecular complexity index is 828. The molecule has 1 aromatic heterocycles. The van der Waals surface area contributed by atoms with Gasteiger partial charge in [-0.25, -0.2) is 0 Å². The van der Waals surface area contributed by atoms with Crippen molar-refractivity contribution < 1.29 is 19.4 Å². The largest absolute Gasteiger partial charge is 0.501 e. The SMILES string of the molecule is CC(=O)NC1=C(O)C(=O)C(C)(c2cnc3ccccc3c2)O1. The van der Waals surface area contributed by atoms with E-state index >= 15 is 0 Å². The number of hydrogen-bond donors (Lipinski definition) is 2. The molecule has 1 aromatic carbocycles. The van der Waals surface area contributed by atoms with Gasteiger partial charge in [0, 0.05) is 24.1 Å². The zero-order chi connectivity index (χ0) is 15.9.